The van der Waals surface area contributed by atoms with Gasteiger partial charge in [0.25, 0.3) is 0 Å². The van der Waals surface area contributed by atoms with Crippen LogP contribution in [0.2, 0.25) is 5.02 Å². The Morgan fingerprint density at radius 3 is 2.68 bits per heavy atom. The Kier molecular flexibility index (Phi) is 7.34. The van der Waals surface area contributed by atoms with Gasteiger partial charge in [0.1, 0.15) is 0 Å². The number of allylic oxidation sites excluding steroid dienone is 2. The molecule has 1 aliphatic carbocycles. The van der Waals surface area contributed by atoms with E-state index in [0.29, 0.717) is 24.8 Å². The van der Waals surface area contributed by atoms with E-state index in [1.54, 1.807) is 23.5 Å². The monoisotopic (exact) mass is 458 g/mol. The number of fused-ring (bicyclic) bond motifs is 1. The third-order valence-electron chi connectivity index (χ3n) is 4.98. The van der Waals surface area contributed by atoms with Gasteiger partial charge in [-0.2, -0.15) is 11.8 Å². The summed E-state index contributed by atoms with van der Waals surface area (Å²) in [6.45, 7) is 0. The summed E-state index contributed by atoms with van der Waals surface area (Å²) in [5.74, 6) is 1.52. The highest BCUT2D eigenvalue weighted by Gasteiger charge is 2.32. The Bertz CT molecular complexity index is 935. The number of Topliss-reactive ketones (excluding diaryl/α,β-unsaturated/α-hetero) is 2. The number of hydrogen-bond donors (Lipinski definition) is 0. The van der Waals surface area contributed by atoms with Crippen molar-refractivity contribution in [2.24, 2.45) is 0 Å². The molecule has 0 spiro atoms. The molecule has 0 N–H and O–H groups in total. The smallest absolute Gasteiger partial charge is 0.198 e. The van der Waals surface area contributed by atoms with Gasteiger partial charge >= 0.3 is 0 Å². The van der Waals surface area contributed by atoms with Gasteiger partial charge in [0.15, 0.2) is 21.4 Å². The summed E-state index contributed by atoms with van der Waals surface area (Å²) in [5, 5.41) is 0.184. The molecular weight excluding hydrogens is 436 g/mol. The van der Waals surface area contributed by atoms with Crippen molar-refractivity contribution < 1.29 is 18.0 Å². The van der Waals surface area contributed by atoms with Crippen LogP contribution in [0.4, 0.5) is 0 Å². The van der Waals surface area contributed by atoms with Crippen molar-refractivity contribution in [3.05, 3.63) is 38.8 Å². The van der Waals surface area contributed by atoms with E-state index in [-0.39, 0.29) is 38.4 Å². The van der Waals surface area contributed by atoms with E-state index < -0.39 is 9.84 Å². The summed E-state index contributed by atoms with van der Waals surface area (Å²) in [5.41, 5.74) is 1.00. The minimum absolute atomic E-state index is 0.101. The molecule has 8 heteroatoms. The molecule has 0 unspecified atom stereocenters. The van der Waals surface area contributed by atoms with Crippen LogP contribution in [0, 0.1) is 0 Å². The number of carbonyl (C=O) groups is 2. The minimum atomic E-state index is -3.35. The van der Waals surface area contributed by atoms with Crippen molar-refractivity contribution in [3.63, 3.8) is 0 Å². The molecule has 1 aromatic carbocycles. The normalized spacial score (nSPS) is 18.9. The van der Waals surface area contributed by atoms with Crippen molar-refractivity contribution in [2.45, 2.75) is 43.4 Å². The molecule has 0 saturated heterocycles. The van der Waals surface area contributed by atoms with Crippen molar-refractivity contribution in [3.8, 4) is 0 Å². The third kappa shape index (κ3) is 4.53. The third-order valence-corrected chi connectivity index (χ3v) is 9.24. The first-order valence-electron chi connectivity index (χ1n) is 9.33. The Morgan fingerprint density at radius 2 is 1.93 bits per heavy atom. The number of halogens is 1. The van der Waals surface area contributed by atoms with Gasteiger partial charge in [0.05, 0.1) is 21.2 Å². The maximum Gasteiger partial charge on any atom is 0.198 e. The lowest BCUT2D eigenvalue weighted by Crippen LogP contribution is -2.21. The lowest BCUT2D eigenvalue weighted by Gasteiger charge is -2.21. The van der Waals surface area contributed by atoms with Crippen LogP contribution in [0.5, 0.6) is 0 Å². The Labute approximate surface area is 179 Å². The summed E-state index contributed by atoms with van der Waals surface area (Å²) >= 11 is 9.85. The molecule has 1 aliphatic heterocycles. The van der Waals surface area contributed by atoms with Crippen molar-refractivity contribution >= 4 is 56.5 Å². The Hall–Kier alpha value is -0.760. The molecule has 28 heavy (non-hydrogen) atoms. The van der Waals surface area contributed by atoms with Crippen LogP contribution in [0.15, 0.2) is 27.5 Å². The maximum absolute atomic E-state index is 13.2. The van der Waals surface area contributed by atoms with Crippen molar-refractivity contribution in [1.82, 2.24) is 0 Å². The summed E-state index contributed by atoms with van der Waals surface area (Å²) in [4.78, 5) is 26.9. The second-order valence-corrected chi connectivity index (χ2v) is 11.6. The van der Waals surface area contributed by atoms with Crippen LogP contribution in [0.3, 0.4) is 0 Å². The average molecular weight is 459 g/mol. The van der Waals surface area contributed by atoms with Gasteiger partial charge in [-0.1, -0.05) is 11.6 Å². The molecule has 1 heterocycles. The van der Waals surface area contributed by atoms with Gasteiger partial charge in [0, 0.05) is 12.0 Å². The van der Waals surface area contributed by atoms with E-state index in [9.17, 15) is 18.0 Å². The van der Waals surface area contributed by atoms with Gasteiger partial charge in [-0.05, 0) is 72.5 Å². The predicted octanol–water partition coefficient (Wildman–Crippen LogP) is 4.74. The SMILES string of the molecule is CSCCCSC1=C(C(=O)c2ccc3c(c2Cl)CCCS3(=O)=O)C(=O)CCC1. The molecule has 0 saturated carbocycles. The van der Waals surface area contributed by atoms with Gasteiger partial charge in [-0.3, -0.25) is 9.59 Å². The molecule has 0 fully saturated rings. The van der Waals surface area contributed by atoms with Gasteiger partial charge in [-0.15, -0.1) is 11.8 Å². The van der Waals surface area contributed by atoms with Gasteiger partial charge in [-0.25, -0.2) is 8.42 Å². The van der Waals surface area contributed by atoms with E-state index in [0.717, 1.165) is 35.7 Å². The number of thioether (sulfide) groups is 2. The van der Waals surface area contributed by atoms with E-state index in [4.69, 9.17) is 11.6 Å². The van der Waals surface area contributed by atoms with Crippen LogP contribution in [0.1, 0.15) is 48.0 Å². The van der Waals surface area contributed by atoms with E-state index in [1.165, 1.54) is 12.1 Å². The molecule has 0 radical (unpaired) electrons. The quantitative estimate of drug-likeness (QED) is 0.334. The highest BCUT2D eigenvalue weighted by molar-refractivity contribution is 8.03. The van der Waals surface area contributed by atoms with Crippen LogP contribution < -0.4 is 0 Å². The fraction of sp³-hybridized carbons (Fsp3) is 0.500. The number of benzene rings is 1. The summed E-state index contributed by atoms with van der Waals surface area (Å²) in [6, 6.07) is 2.94. The standard InChI is InChI=1S/C20H23ClO4S3/c1-26-10-4-11-27-16-7-2-6-15(22)18(16)20(23)14-8-9-17-13(19(14)21)5-3-12-28(17,24)25/h8-9H,2-7,10-12H2,1H3. The molecule has 2 aliphatic rings. The fourth-order valence-electron chi connectivity index (χ4n) is 3.60. The summed E-state index contributed by atoms with van der Waals surface area (Å²) < 4.78 is 24.5. The number of carbonyl (C=O) groups excluding carboxylic acids is 2. The maximum atomic E-state index is 13.2. The largest absolute Gasteiger partial charge is 0.294 e. The van der Waals surface area contributed by atoms with Gasteiger partial charge < -0.3 is 0 Å². The zero-order valence-corrected chi connectivity index (χ0v) is 19.0. The Morgan fingerprint density at radius 1 is 1.14 bits per heavy atom. The molecule has 0 amide bonds. The van der Waals surface area contributed by atoms with Crippen LogP contribution in [0.25, 0.3) is 0 Å². The first-order valence-corrected chi connectivity index (χ1v) is 13.7. The zero-order valence-electron chi connectivity index (χ0n) is 15.8. The molecule has 152 valence electrons. The Balaban J connectivity index is 1.97. The molecule has 1 aromatic rings. The average Bonchev–Trinajstić information content (AvgIpc) is 2.65. The van der Waals surface area contributed by atoms with E-state index in [2.05, 4.69) is 6.26 Å². The molecule has 0 aromatic heterocycles. The first-order chi connectivity index (χ1) is 13.4. The fourth-order valence-corrected chi connectivity index (χ4v) is 7.39. The molecule has 4 nitrogen and oxygen atoms in total. The highest BCUT2D eigenvalue weighted by atomic mass is 35.5. The number of ketones is 2. The van der Waals surface area contributed by atoms with E-state index >= 15 is 0 Å². The van der Waals surface area contributed by atoms with Crippen LogP contribution in [-0.4, -0.2) is 43.5 Å². The predicted molar refractivity (Wildman–Crippen MR) is 117 cm³/mol. The second kappa shape index (κ2) is 9.37. The number of sulfone groups is 1. The topological polar surface area (TPSA) is 68.3 Å². The number of rotatable bonds is 7. The summed E-state index contributed by atoms with van der Waals surface area (Å²) in [7, 11) is -3.35. The second-order valence-electron chi connectivity index (χ2n) is 6.93. The minimum Gasteiger partial charge on any atom is -0.294 e. The molecule has 3 rings (SSSR count). The number of hydrogen-bond acceptors (Lipinski definition) is 6. The van der Waals surface area contributed by atoms with E-state index in [1.807, 2.05) is 0 Å². The summed E-state index contributed by atoms with van der Waals surface area (Å²) in [6.07, 6.45) is 5.95. The van der Waals surface area contributed by atoms with Crippen LogP contribution in [-0.2, 0) is 21.1 Å². The lowest BCUT2D eigenvalue weighted by atomic mass is 9.90. The van der Waals surface area contributed by atoms with Crippen LogP contribution >= 0.6 is 35.1 Å². The molecule has 0 atom stereocenters. The van der Waals surface area contributed by atoms with Crippen molar-refractivity contribution in [1.29, 1.82) is 0 Å². The molecule has 0 bridgehead atoms. The first kappa shape index (κ1) is 21.9. The van der Waals surface area contributed by atoms with Crippen molar-refractivity contribution in [2.75, 3.05) is 23.5 Å². The highest BCUT2D eigenvalue weighted by Crippen LogP contribution is 2.37. The lowest BCUT2D eigenvalue weighted by molar-refractivity contribution is -0.115. The van der Waals surface area contributed by atoms with Gasteiger partial charge in [0.2, 0.25) is 0 Å². The molecular formula is C20H23ClO4S3. The zero-order chi connectivity index (χ0) is 20.3.